The molecule has 0 radical (unpaired) electrons. The lowest BCUT2D eigenvalue weighted by Gasteiger charge is -2.12. The van der Waals surface area contributed by atoms with Gasteiger partial charge in [0.15, 0.2) is 11.0 Å². The molecule has 5 rings (SSSR count). The Morgan fingerprint density at radius 3 is 2.33 bits per heavy atom. The fraction of sp³-hybridized carbons (Fsp3) is 0.125. The molecule has 42 heavy (non-hydrogen) atoms. The number of aromatic nitrogens is 3. The molecular formula is C32H28ClN5O3S. The Morgan fingerprint density at radius 1 is 0.857 bits per heavy atom. The summed E-state index contributed by atoms with van der Waals surface area (Å²) >= 11 is 7.48. The van der Waals surface area contributed by atoms with E-state index in [0.29, 0.717) is 51.8 Å². The Kier molecular flexibility index (Phi) is 9.53. The summed E-state index contributed by atoms with van der Waals surface area (Å²) in [6, 6.07) is 31.6. The van der Waals surface area contributed by atoms with Crippen LogP contribution in [0.2, 0.25) is 5.02 Å². The molecule has 0 fully saturated rings. The third-order valence-electron chi connectivity index (χ3n) is 6.21. The third kappa shape index (κ3) is 7.18. The number of carbonyl (C=O) groups excluding carboxylic acids is 2. The summed E-state index contributed by atoms with van der Waals surface area (Å²) < 4.78 is 7.60. The van der Waals surface area contributed by atoms with Crippen molar-refractivity contribution in [3.8, 4) is 17.1 Å². The van der Waals surface area contributed by atoms with E-state index in [1.807, 2.05) is 90.4 Å². The fourth-order valence-corrected chi connectivity index (χ4v) is 5.19. The van der Waals surface area contributed by atoms with Crippen LogP contribution in [0.5, 0.6) is 5.75 Å². The first kappa shape index (κ1) is 28.9. The smallest absolute Gasteiger partial charge is 0.257 e. The number of rotatable bonds is 11. The van der Waals surface area contributed by atoms with Crippen molar-refractivity contribution in [2.45, 2.75) is 18.6 Å². The van der Waals surface area contributed by atoms with E-state index in [1.54, 1.807) is 24.3 Å². The van der Waals surface area contributed by atoms with Crippen LogP contribution in [0.15, 0.2) is 108 Å². The van der Waals surface area contributed by atoms with Crippen molar-refractivity contribution in [1.82, 2.24) is 14.8 Å². The Bertz CT molecular complexity index is 1680. The summed E-state index contributed by atoms with van der Waals surface area (Å²) in [6.07, 6.45) is 0. The van der Waals surface area contributed by atoms with Gasteiger partial charge >= 0.3 is 0 Å². The number of hydrogen-bond acceptors (Lipinski definition) is 6. The molecule has 10 heteroatoms. The molecule has 2 amide bonds. The Labute approximate surface area is 253 Å². The van der Waals surface area contributed by atoms with Crippen molar-refractivity contribution in [3.05, 3.63) is 119 Å². The van der Waals surface area contributed by atoms with E-state index in [2.05, 4.69) is 20.8 Å². The first-order valence-corrected chi connectivity index (χ1v) is 14.7. The van der Waals surface area contributed by atoms with E-state index in [4.69, 9.17) is 16.3 Å². The second kappa shape index (κ2) is 13.8. The predicted molar refractivity (Wildman–Crippen MR) is 167 cm³/mol. The molecule has 212 valence electrons. The molecule has 0 saturated heterocycles. The molecule has 0 saturated carbocycles. The summed E-state index contributed by atoms with van der Waals surface area (Å²) in [4.78, 5) is 25.5. The zero-order chi connectivity index (χ0) is 29.3. The van der Waals surface area contributed by atoms with Crippen LogP contribution in [-0.4, -0.2) is 38.9 Å². The maximum atomic E-state index is 12.9. The van der Waals surface area contributed by atoms with E-state index in [-0.39, 0.29) is 17.6 Å². The van der Waals surface area contributed by atoms with Gasteiger partial charge in [-0.3, -0.25) is 14.2 Å². The molecule has 0 aliphatic carbocycles. The number of nitrogens with zero attached hydrogens (tertiary/aromatic N) is 3. The number of amides is 2. The number of para-hydroxylation sites is 2. The zero-order valence-corrected chi connectivity index (χ0v) is 24.4. The fourth-order valence-electron chi connectivity index (χ4n) is 4.23. The van der Waals surface area contributed by atoms with Gasteiger partial charge in [0.05, 0.1) is 35.2 Å². The van der Waals surface area contributed by atoms with Gasteiger partial charge in [-0.1, -0.05) is 78.0 Å². The minimum Gasteiger partial charge on any atom is -0.492 e. The van der Waals surface area contributed by atoms with Crippen molar-refractivity contribution in [2.24, 2.45) is 0 Å². The minimum atomic E-state index is -0.290. The molecule has 2 N–H and O–H groups in total. The minimum absolute atomic E-state index is 0.139. The highest BCUT2D eigenvalue weighted by atomic mass is 35.5. The normalized spacial score (nSPS) is 10.7. The lowest BCUT2D eigenvalue weighted by atomic mass is 10.1. The number of thioether (sulfide) groups is 1. The van der Waals surface area contributed by atoms with Gasteiger partial charge in [0, 0.05) is 11.3 Å². The van der Waals surface area contributed by atoms with Crippen LogP contribution in [0, 0.1) is 0 Å². The standard InChI is InChI=1S/C32H28ClN5O3S/c1-2-41-28-15-9-8-14-27(28)35-29(39)21-42-32-37-36-30(38(32)20-22-10-4-3-5-11-22)23-16-18-24(19-17-23)34-31(40)25-12-6-7-13-26(25)33/h3-19H,2,20-21H2,1H3,(H,34,40)(H,35,39). The van der Waals surface area contributed by atoms with Crippen LogP contribution in [0.1, 0.15) is 22.8 Å². The summed E-state index contributed by atoms with van der Waals surface area (Å²) in [5.74, 6) is 0.940. The molecule has 1 heterocycles. The van der Waals surface area contributed by atoms with E-state index in [0.717, 1.165) is 11.1 Å². The lowest BCUT2D eigenvalue weighted by Crippen LogP contribution is -2.15. The predicted octanol–water partition coefficient (Wildman–Crippen LogP) is 7.03. The quantitative estimate of drug-likeness (QED) is 0.159. The van der Waals surface area contributed by atoms with Crippen LogP contribution in [0.25, 0.3) is 11.4 Å². The number of benzene rings is 4. The van der Waals surface area contributed by atoms with Gasteiger partial charge < -0.3 is 15.4 Å². The van der Waals surface area contributed by atoms with E-state index in [1.165, 1.54) is 11.8 Å². The lowest BCUT2D eigenvalue weighted by molar-refractivity contribution is -0.113. The largest absolute Gasteiger partial charge is 0.492 e. The Balaban J connectivity index is 1.33. The molecule has 0 bridgehead atoms. The molecule has 0 atom stereocenters. The molecule has 5 aromatic rings. The average molecular weight is 598 g/mol. The maximum absolute atomic E-state index is 12.9. The molecule has 4 aromatic carbocycles. The molecule has 1 aromatic heterocycles. The van der Waals surface area contributed by atoms with Gasteiger partial charge in [-0.15, -0.1) is 10.2 Å². The molecular weight excluding hydrogens is 570 g/mol. The van der Waals surface area contributed by atoms with Gasteiger partial charge in [-0.25, -0.2) is 0 Å². The molecule has 8 nitrogen and oxygen atoms in total. The van der Waals surface area contributed by atoms with Gasteiger partial charge in [0.1, 0.15) is 5.75 Å². The summed E-state index contributed by atoms with van der Waals surface area (Å²) in [5.41, 5.74) is 3.53. The highest BCUT2D eigenvalue weighted by molar-refractivity contribution is 7.99. The highest BCUT2D eigenvalue weighted by Gasteiger charge is 2.18. The van der Waals surface area contributed by atoms with Gasteiger partial charge in [-0.2, -0.15) is 0 Å². The molecule has 0 unspecified atom stereocenters. The molecule has 0 aliphatic rings. The van der Waals surface area contributed by atoms with Crippen LogP contribution < -0.4 is 15.4 Å². The van der Waals surface area contributed by atoms with Crippen LogP contribution >= 0.6 is 23.4 Å². The first-order chi connectivity index (χ1) is 20.5. The maximum Gasteiger partial charge on any atom is 0.257 e. The average Bonchev–Trinajstić information content (AvgIpc) is 3.40. The van der Waals surface area contributed by atoms with Gasteiger partial charge in [-0.05, 0) is 61.0 Å². The number of ether oxygens (including phenoxy) is 1. The first-order valence-electron chi connectivity index (χ1n) is 13.3. The summed E-state index contributed by atoms with van der Waals surface area (Å²) in [7, 11) is 0. The molecule has 0 spiro atoms. The highest BCUT2D eigenvalue weighted by Crippen LogP contribution is 2.28. The van der Waals surface area contributed by atoms with Crippen LogP contribution in [0.3, 0.4) is 0 Å². The van der Waals surface area contributed by atoms with Crippen molar-refractivity contribution in [1.29, 1.82) is 0 Å². The number of halogens is 1. The van der Waals surface area contributed by atoms with Crippen LogP contribution in [-0.2, 0) is 11.3 Å². The van der Waals surface area contributed by atoms with E-state index < -0.39 is 0 Å². The van der Waals surface area contributed by atoms with Gasteiger partial charge in [0.2, 0.25) is 5.91 Å². The Hall–Kier alpha value is -4.60. The van der Waals surface area contributed by atoms with Crippen LogP contribution in [0.4, 0.5) is 11.4 Å². The van der Waals surface area contributed by atoms with Crippen molar-refractivity contribution >= 4 is 46.6 Å². The molecule has 0 aliphatic heterocycles. The van der Waals surface area contributed by atoms with E-state index >= 15 is 0 Å². The SMILES string of the molecule is CCOc1ccccc1NC(=O)CSc1nnc(-c2ccc(NC(=O)c3ccccc3Cl)cc2)n1Cc1ccccc1. The van der Waals surface area contributed by atoms with E-state index in [9.17, 15) is 9.59 Å². The monoisotopic (exact) mass is 597 g/mol. The number of nitrogens with one attached hydrogen (secondary N) is 2. The topological polar surface area (TPSA) is 98.1 Å². The van der Waals surface area contributed by atoms with Crippen molar-refractivity contribution in [3.63, 3.8) is 0 Å². The van der Waals surface area contributed by atoms with Crippen molar-refractivity contribution in [2.75, 3.05) is 23.0 Å². The summed E-state index contributed by atoms with van der Waals surface area (Å²) in [5, 5.41) is 15.7. The van der Waals surface area contributed by atoms with Crippen molar-refractivity contribution < 1.29 is 14.3 Å². The Morgan fingerprint density at radius 2 is 1.57 bits per heavy atom. The second-order valence-corrected chi connectivity index (χ2v) is 10.5. The third-order valence-corrected chi connectivity index (χ3v) is 7.51. The zero-order valence-electron chi connectivity index (χ0n) is 22.8. The number of hydrogen-bond donors (Lipinski definition) is 2. The van der Waals surface area contributed by atoms with Gasteiger partial charge in [0.25, 0.3) is 5.91 Å². The number of anilines is 2. The summed E-state index contributed by atoms with van der Waals surface area (Å²) in [6.45, 7) is 2.92. The number of carbonyl (C=O) groups is 2. The second-order valence-electron chi connectivity index (χ2n) is 9.16.